The van der Waals surface area contributed by atoms with Gasteiger partial charge in [0.2, 0.25) is 0 Å². The number of unbranched alkanes of at least 4 members (excludes halogenated alkanes) is 3. The molecule has 172 valence electrons. The van der Waals surface area contributed by atoms with E-state index in [0.717, 1.165) is 55.6 Å². The van der Waals surface area contributed by atoms with Crippen LogP contribution in [0.3, 0.4) is 0 Å². The SMILES string of the molecule is CCCCCCOc1c(Br)cc(C2CC(c3ccc(Br)cc3)=NN2c2ccccc2)cc1Br. The van der Waals surface area contributed by atoms with Crippen LogP contribution in [-0.4, -0.2) is 12.3 Å². The molecule has 1 heterocycles. The Bertz CT molecular complexity index is 1080. The van der Waals surface area contributed by atoms with Crippen LogP contribution in [0.15, 0.2) is 85.2 Å². The lowest BCUT2D eigenvalue weighted by Gasteiger charge is -2.25. The molecule has 4 rings (SSSR count). The van der Waals surface area contributed by atoms with Crippen LogP contribution in [0.2, 0.25) is 0 Å². The number of ether oxygens (including phenoxy) is 1. The minimum atomic E-state index is 0.0947. The molecular weight excluding hydrogens is 608 g/mol. The average Bonchev–Trinajstić information content (AvgIpc) is 3.27. The smallest absolute Gasteiger partial charge is 0.147 e. The number of hydrogen-bond acceptors (Lipinski definition) is 3. The number of nitrogens with zero attached hydrogens (tertiary/aromatic N) is 2. The van der Waals surface area contributed by atoms with Crippen LogP contribution in [0.4, 0.5) is 5.69 Å². The van der Waals surface area contributed by atoms with Crippen molar-refractivity contribution in [1.82, 2.24) is 0 Å². The molecule has 1 unspecified atom stereocenters. The Morgan fingerprint density at radius 1 is 0.909 bits per heavy atom. The molecule has 3 aromatic carbocycles. The largest absolute Gasteiger partial charge is 0.491 e. The molecule has 0 amide bonds. The van der Waals surface area contributed by atoms with Crippen LogP contribution in [0.1, 0.15) is 56.2 Å². The molecule has 3 aromatic rings. The molecule has 0 saturated heterocycles. The van der Waals surface area contributed by atoms with Crippen LogP contribution in [0.5, 0.6) is 5.75 Å². The lowest BCUT2D eigenvalue weighted by molar-refractivity contribution is 0.301. The number of halogens is 3. The number of anilines is 1. The second kappa shape index (κ2) is 11.7. The van der Waals surface area contributed by atoms with Crippen LogP contribution in [-0.2, 0) is 0 Å². The van der Waals surface area contributed by atoms with Gasteiger partial charge in [-0.25, -0.2) is 0 Å². The third kappa shape index (κ3) is 6.09. The summed E-state index contributed by atoms with van der Waals surface area (Å²) in [5.41, 5.74) is 4.50. The van der Waals surface area contributed by atoms with Gasteiger partial charge in [0, 0.05) is 10.9 Å². The van der Waals surface area contributed by atoms with Gasteiger partial charge < -0.3 is 4.74 Å². The van der Waals surface area contributed by atoms with E-state index in [1.165, 1.54) is 24.8 Å². The predicted molar refractivity (Wildman–Crippen MR) is 148 cm³/mol. The summed E-state index contributed by atoms with van der Waals surface area (Å²) in [6.45, 7) is 2.95. The Kier molecular flexibility index (Phi) is 8.67. The summed E-state index contributed by atoms with van der Waals surface area (Å²) in [5, 5.41) is 7.18. The highest BCUT2D eigenvalue weighted by molar-refractivity contribution is 9.11. The second-order valence-electron chi connectivity index (χ2n) is 8.18. The fraction of sp³-hybridized carbons (Fsp3) is 0.296. The Labute approximate surface area is 221 Å². The van der Waals surface area contributed by atoms with Gasteiger partial charge in [0.1, 0.15) is 5.75 Å². The van der Waals surface area contributed by atoms with Gasteiger partial charge in [0.25, 0.3) is 0 Å². The second-order valence-corrected chi connectivity index (χ2v) is 10.8. The normalized spacial score (nSPS) is 15.6. The number of hydrazone groups is 1. The van der Waals surface area contributed by atoms with Crippen molar-refractivity contribution in [2.24, 2.45) is 5.10 Å². The number of para-hydroxylation sites is 1. The van der Waals surface area contributed by atoms with E-state index in [0.29, 0.717) is 0 Å². The zero-order valence-electron chi connectivity index (χ0n) is 18.6. The maximum atomic E-state index is 6.10. The van der Waals surface area contributed by atoms with E-state index in [1.54, 1.807) is 0 Å². The number of hydrogen-bond donors (Lipinski definition) is 0. The van der Waals surface area contributed by atoms with Crippen molar-refractivity contribution in [3.8, 4) is 5.75 Å². The number of benzene rings is 3. The molecule has 0 bridgehead atoms. The monoisotopic (exact) mass is 632 g/mol. The van der Waals surface area contributed by atoms with Crippen molar-refractivity contribution >= 4 is 59.2 Å². The molecule has 1 aliphatic rings. The van der Waals surface area contributed by atoms with Crippen molar-refractivity contribution in [1.29, 1.82) is 0 Å². The number of rotatable bonds is 9. The molecular formula is C27H27Br3N2O. The molecule has 0 fully saturated rings. The summed E-state index contributed by atoms with van der Waals surface area (Å²) >= 11 is 11.0. The highest BCUT2D eigenvalue weighted by Gasteiger charge is 2.31. The highest BCUT2D eigenvalue weighted by atomic mass is 79.9. The summed E-state index contributed by atoms with van der Waals surface area (Å²) in [4.78, 5) is 0. The predicted octanol–water partition coefficient (Wildman–Crippen LogP) is 9.29. The Morgan fingerprint density at radius 3 is 2.27 bits per heavy atom. The molecule has 0 radical (unpaired) electrons. The third-order valence-corrected chi connectivity index (χ3v) is 7.46. The zero-order chi connectivity index (χ0) is 23.2. The third-order valence-electron chi connectivity index (χ3n) is 5.76. The van der Waals surface area contributed by atoms with E-state index in [-0.39, 0.29) is 6.04 Å². The van der Waals surface area contributed by atoms with E-state index in [4.69, 9.17) is 9.84 Å². The van der Waals surface area contributed by atoms with Crippen molar-refractivity contribution in [3.05, 3.63) is 91.3 Å². The van der Waals surface area contributed by atoms with Crippen molar-refractivity contribution < 1.29 is 4.74 Å². The van der Waals surface area contributed by atoms with Crippen molar-refractivity contribution in [3.63, 3.8) is 0 Å². The average molecular weight is 635 g/mol. The topological polar surface area (TPSA) is 24.8 Å². The van der Waals surface area contributed by atoms with E-state index in [1.807, 2.05) is 6.07 Å². The van der Waals surface area contributed by atoms with Crippen molar-refractivity contribution in [2.75, 3.05) is 11.6 Å². The highest BCUT2D eigenvalue weighted by Crippen LogP contribution is 2.42. The minimum Gasteiger partial charge on any atom is -0.491 e. The van der Waals surface area contributed by atoms with E-state index >= 15 is 0 Å². The van der Waals surface area contributed by atoms with Gasteiger partial charge in [-0.2, -0.15) is 5.10 Å². The van der Waals surface area contributed by atoms with Crippen LogP contribution >= 0.6 is 47.8 Å². The molecule has 0 aliphatic carbocycles. The molecule has 33 heavy (non-hydrogen) atoms. The first-order chi connectivity index (χ1) is 16.1. The summed E-state index contributed by atoms with van der Waals surface area (Å²) in [7, 11) is 0. The zero-order valence-corrected chi connectivity index (χ0v) is 23.4. The molecule has 0 N–H and O–H groups in total. The molecule has 1 aliphatic heterocycles. The van der Waals surface area contributed by atoms with Gasteiger partial charge in [0.15, 0.2) is 0 Å². The summed E-state index contributed by atoms with van der Waals surface area (Å²) in [6, 6.07) is 23.2. The molecule has 3 nitrogen and oxygen atoms in total. The van der Waals surface area contributed by atoms with E-state index in [2.05, 4.69) is 120 Å². The van der Waals surface area contributed by atoms with Gasteiger partial charge >= 0.3 is 0 Å². The standard InChI is InChI=1S/C27H27Br3N2O/c1-2-3-4-8-15-33-27-23(29)16-20(17-24(27)30)26-18-25(19-11-13-21(28)14-12-19)31-32(26)22-9-6-5-7-10-22/h5-7,9-14,16-17,26H,2-4,8,15,18H2,1H3. The van der Waals surface area contributed by atoms with Crippen LogP contribution in [0.25, 0.3) is 0 Å². The molecule has 0 aromatic heterocycles. The Balaban J connectivity index is 1.60. The Hall–Kier alpha value is -1.63. The van der Waals surface area contributed by atoms with Gasteiger partial charge in [-0.15, -0.1) is 0 Å². The van der Waals surface area contributed by atoms with Crippen LogP contribution in [0, 0.1) is 0 Å². The first kappa shape index (κ1) is 24.5. The molecule has 1 atom stereocenters. The van der Waals surface area contributed by atoms with E-state index < -0.39 is 0 Å². The first-order valence-electron chi connectivity index (χ1n) is 11.4. The van der Waals surface area contributed by atoms with Gasteiger partial charge in [-0.1, -0.05) is 72.4 Å². The quantitative estimate of drug-likeness (QED) is 0.219. The lowest BCUT2D eigenvalue weighted by atomic mass is 9.98. The fourth-order valence-corrected chi connectivity index (χ4v) is 5.73. The fourth-order valence-electron chi connectivity index (χ4n) is 4.02. The lowest BCUT2D eigenvalue weighted by Crippen LogP contribution is -2.18. The maximum absolute atomic E-state index is 6.10. The Morgan fingerprint density at radius 2 is 1.61 bits per heavy atom. The minimum absolute atomic E-state index is 0.0947. The first-order valence-corrected chi connectivity index (χ1v) is 13.7. The van der Waals surface area contributed by atoms with Gasteiger partial charge in [0.05, 0.1) is 33.0 Å². The molecule has 0 saturated carbocycles. The van der Waals surface area contributed by atoms with Crippen molar-refractivity contribution in [2.45, 2.75) is 45.1 Å². The maximum Gasteiger partial charge on any atom is 0.147 e. The molecule has 6 heteroatoms. The van der Waals surface area contributed by atoms with Crippen LogP contribution < -0.4 is 9.75 Å². The summed E-state index contributed by atoms with van der Waals surface area (Å²) in [6.07, 6.45) is 5.58. The van der Waals surface area contributed by atoms with Gasteiger partial charge in [-0.05, 0) is 85.8 Å². The summed E-state index contributed by atoms with van der Waals surface area (Å²) < 4.78 is 9.10. The van der Waals surface area contributed by atoms with E-state index in [9.17, 15) is 0 Å². The van der Waals surface area contributed by atoms with Gasteiger partial charge in [-0.3, -0.25) is 5.01 Å². The molecule has 0 spiro atoms. The summed E-state index contributed by atoms with van der Waals surface area (Å²) in [5.74, 6) is 0.869.